The fourth-order valence-corrected chi connectivity index (χ4v) is 2.79. The van der Waals surface area contributed by atoms with E-state index in [1.165, 1.54) is 38.4 Å². The molecule has 0 bridgehead atoms. The minimum absolute atomic E-state index is 0.0179. The van der Waals surface area contributed by atoms with Crippen LogP contribution < -0.4 is 5.32 Å². The van der Waals surface area contributed by atoms with Gasteiger partial charge in [0.25, 0.3) is 0 Å². The highest BCUT2D eigenvalue weighted by Gasteiger charge is 2.16. The molecule has 1 aromatic carbocycles. The monoisotopic (exact) mass is 332 g/mol. The van der Waals surface area contributed by atoms with Crippen molar-refractivity contribution in [2.24, 2.45) is 0 Å². The minimum Gasteiger partial charge on any atom is -0.481 e. The molecule has 0 fully saturated rings. The molecule has 9 heteroatoms. The van der Waals surface area contributed by atoms with Crippen LogP contribution in [0.2, 0.25) is 0 Å². The highest BCUT2D eigenvalue weighted by Crippen LogP contribution is 2.16. The zero-order valence-corrected chi connectivity index (χ0v) is 13.2. The minimum atomic E-state index is -3.49. The van der Waals surface area contributed by atoms with Crippen LogP contribution in [0.3, 0.4) is 0 Å². The Morgan fingerprint density at radius 2 is 1.76 bits per heavy atom. The second kappa shape index (κ2) is 7.43. The maximum atomic E-state index is 11.9. The summed E-state index contributed by atoms with van der Waals surface area (Å²) in [5, 5.41) is 11.0. The van der Waals surface area contributed by atoms with Crippen LogP contribution in [-0.2, 0) is 19.6 Å². The first-order chi connectivity index (χ1) is 9.73. The summed E-state index contributed by atoms with van der Waals surface area (Å²) >= 11 is 0.986. The summed E-state index contributed by atoms with van der Waals surface area (Å²) in [7, 11) is -0.624. The molecule has 0 saturated heterocycles. The zero-order chi connectivity index (χ0) is 16.0. The molecule has 0 aliphatic carbocycles. The van der Waals surface area contributed by atoms with Crippen LogP contribution >= 0.6 is 11.8 Å². The van der Waals surface area contributed by atoms with E-state index in [4.69, 9.17) is 5.11 Å². The molecule has 0 radical (unpaired) electrons. The van der Waals surface area contributed by atoms with Crippen LogP contribution in [0.5, 0.6) is 0 Å². The zero-order valence-electron chi connectivity index (χ0n) is 11.6. The molecular weight excluding hydrogens is 316 g/mol. The number of sulfonamides is 1. The molecule has 0 saturated carbocycles. The largest absolute Gasteiger partial charge is 0.481 e. The van der Waals surface area contributed by atoms with Crippen molar-refractivity contribution >= 4 is 39.3 Å². The maximum Gasteiger partial charge on any atom is 0.313 e. The summed E-state index contributed by atoms with van der Waals surface area (Å²) in [5.74, 6) is -1.45. The quantitative estimate of drug-likeness (QED) is 0.761. The number of amides is 1. The summed E-state index contributed by atoms with van der Waals surface area (Å²) in [6.45, 7) is 0. The fourth-order valence-electron chi connectivity index (χ4n) is 1.35. The van der Waals surface area contributed by atoms with Crippen molar-refractivity contribution in [3.8, 4) is 0 Å². The number of carboxylic acids is 1. The maximum absolute atomic E-state index is 11.9. The molecule has 21 heavy (non-hydrogen) atoms. The number of nitrogens with one attached hydrogen (secondary N) is 1. The first kappa shape index (κ1) is 17.5. The first-order valence-corrected chi connectivity index (χ1v) is 8.45. The normalized spacial score (nSPS) is 11.4. The number of carboxylic acid groups (broad SMARTS) is 1. The Kier molecular flexibility index (Phi) is 6.19. The molecule has 0 atom stereocenters. The summed E-state index contributed by atoms with van der Waals surface area (Å²) < 4.78 is 24.8. The van der Waals surface area contributed by atoms with Gasteiger partial charge in [-0.1, -0.05) is 0 Å². The fraction of sp³-hybridized carbons (Fsp3) is 0.333. The number of rotatable bonds is 7. The van der Waals surface area contributed by atoms with E-state index in [9.17, 15) is 18.0 Å². The lowest BCUT2D eigenvalue weighted by Crippen LogP contribution is -2.22. The van der Waals surface area contributed by atoms with Gasteiger partial charge in [0.15, 0.2) is 0 Å². The van der Waals surface area contributed by atoms with E-state index in [-0.39, 0.29) is 22.3 Å². The van der Waals surface area contributed by atoms with E-state index >= 15 is 0 Å². The second-order valence-corrected chi connectivity index (χ2v) is 7.38. The third kappa shape index (κ3) is 5.37. The van der Waals surface area contributed by atoms with Gasteiger partial charge >= 0.3 is 5.97 Å². The molecule has 1 amide bonds. The molecule has 0 unspecified atom stereocenters. The van der Waals surface area contributed by atoms with Crippen molar-refractivity contribution < 1.29 is 23.1 Å². The van der Waals surface area contributed by atoms with Gasteiger partial charge in [0.1, 0.15) is 0 Å². The third-order valence-electron chi connectivity index (χ3n) is 2.38. The second-order valence-electron chi connectivity index (χ2n) is 4.25. The standard InChI is InChI=1S/C12H16N2O5S2/c1-14(2)21(18,19)10-5-3-9(4-6-10)13-11(15)7-20-8-12(16)17/h3-6H,7-8H2,1-2H3,(H,13,15)(H,16,17). The van der Waals surface area contributed by atoms with Crippen molar-refractivity contribution in [3.05, 3.63) is 24.3 Å². The van der Waals surface area contributed by atoms with Gasteiger partial charge in [0.2, 0.25) is 15.9 Å². The topological polar surface area (TPSA) is 104 Å². The Morgan fingerprint density at radius 3 is 2.24 bits per heavy atom. The summed E-state index contributed by atoms with van der Waals surface area (Å²) in [5.41, 5.74) is 0.452. The van der Waals surface area contributed by atoms with E-state index in [2.05, 4.69) is 5.32 Å². The predicted molar refractivity (Wildman–Crippen MR) is 80.9 cm³/mol. The number of hydrogen-bond acceptors (Lipinski definition) is 5. The number of carbonyl (C=O) groups is 2. The van der Waals surface area contributed by atoms with Crippen molar-refractivity contribution in [1.82, 2.24) is 4.31 Å². The molecule has 0 aliphatic rings. The molecular formula is C12H16N2O5S2. The van der Waals surface area contributed by atoms with E-state index in [0.29, 0.717) is 5.69 Å². The summed E-state index contributed by atoms with van der Waals surface area (Å²) in [6.07, 6.45) is 0. The third-order valence-corrected chi connectivity index (χ3v) is 5.12. The highest BCUT2D eigenvalue weighted by molar-refractivity contribution is 8.00. The molecule has 2 N–H and O–H groups in total. The number of nitrogens with zero attached hydrogens (tertiary/aromatic N) is 1. The van der Waals surface area contributed by atoms with Gasteiger partial charge in [-0.15, -0.1) is 11.8 Å². The van der Waals surface area contributed by atoms with Crippen molar-refractivity contribution in [1.29, 1.82) is 0 Å². The molecule has 0 aliphatic heterocycles. The Morgan fingerprint density at radius 1 is 1.19 bits per heavy atom. The van der Waals surface area contributed by atoms with Crippen molar-refractivity contribution in [2.75, 3.05) is 30.9 Å². The van der Waals surface area contributed by atoms with Crippen LogP contribution in [0.4, 0.5) is 5.69 Å². The Labute approximate surface area is 127 Å². The van der Waals surface area contributed by atoms with Crippen LogP contribution in [0, 0.1) is 0 Å². The molecule has 0 spiro atoms. The summed E-state index contributed by atoms with van der Waals surface area (Å²) in [4.78, 5) is 22.0. The number of thioether (sulfide) groups is 1. The predicted octanol–water partition coefficient (Wildman–Crippen LogP) is 0.693. The van der Waals surface area contributed by atoms with E-state index in [1.54, 1.807) is 0 Å². The number of carbonyl (C=O) groups excluding carboxylic acids is 1. The van der Waals surface area contributed by atoms with Gasteiger partial charge in [-0.2, -0.15) is 0 Å². The summed E-state index contributed by atoms with van der Waals surface area (Å²) in [6, 6.07) is 5.76. The van der Waals surface area contributed by atoms with Crippen molar-refractivity contribution in [3.63, 3.8) is 0 Å². The van der Waals surface area contributed by atoms with Crippen molar-refractivity contribution in [2.45, 2.75) is 4.90 Å². The van der Waals surface area contributed by atoms with Gasteiger partial charge in [0, 0.05) is 19.8 Å². The highest BCUT2D eigenvalue weighted by atomic mass is 32.2. The van der Waals surface area contributed by atoms with Gasteiger partial charge in [-0.05, 0) is 24.3 Å². The van der Waals surface area contributed by atoms with E-state index in [0.717, 1.165) is 16.1 Å². The number of anilines is 1. The van der Waals surface area contributed by atoms with Crippen LogP contribution in [0.15, 0.2) is 29.2 Å². The number of benzene rings is 1. The smallest absolute Gasteiger partial charge is 0.313 e. The lowest BCUT2D eigenvalue weighted by molar-refractivity contribution is -0.133. The van der Waals surface area contributed by atoms with E-state index in [1.807, 2.05) is 0 Å². The molecule has 1 rings (SSSR count). The average molecular weight is 332 g/mol. The molecule has 0 aromatic heterocycles. The molecule has 0 heterocycles. The number of aliphatic carboxylic acids is 1. The molecule has 7 nitrogen and oxygen atoms in total. The first-order valence-electron chi connectivity index (χ1n) is 5.85. The van der Waals surface area contributed by atoms with Gasteiger partial charge in [0.05, 0.1) is 16.4 Å². The van der Waals surface area contributed by atoms with Crippen LogP contribution in [0.1, 0.15) is 0 Å². The Bertz CT molecular complexity index is 611. The Balaban J connectivity index is 2.63. The van der Waals surface area contributed by atoms with Gasteiger partial charge in [-0.25, -0.2) is 12.7 Å². The van der Waals surface area contributed by atoms with Gasteiger partial charge in [-0.3, -0.25) is 9.59 Å². The van der Waals surface area contributed by atoms with Crippen LogP contribution in [-0.4, -0.2) is 55.3 Å². The van der Waals surface area contributed by atoms with Crippen LogP contribution in [0.25, 0.3) is 0 Å². The Hall–Kier alpha value is -1.58. The van der Waals surface area contributed by atoms with E-state index < -0.39 is 16.0 Å². The lowest BCUT2D eigenvalue weighted by Gasteiger charge is -2.11. The average Bonchev–Trinajstić information content (AvgIpc) is 2.38. The SMILES string of the molecule is CN(C)S(=O)(=O)c1ccc(NC(=O)CSCC(=O)O)cc1. The lowest BCUT2D eigenvalue weighted by atomic mass is 10.3. The van der Waals surface area contributed by atoms with Gasteiger partial charge < -0.3 is 10.4 Å². The molecule has 116 valence electrons. The molecule has 1 aromatic rings. The number of hydrogen-bond donors (Lipinski definition) is 2.